The zero-order chi connectivity index (χ0) is 17.5. The molecule has 0 aliphatic rings. The molecule has 5 heteroatoms. The van der Waals surface area contributed by atoms with E-state index in [1.807, 2.05) is 0 Å². The first kappa shape index (κ1) is 22.4. The Balaban J connectivity index is 3.39. The Morgan fingerprint density at radius 3 is 1.91 bits per heavy atom. The van der Waals surface area contributed by atoms with E-state index < -0.39 is 24.8 Å². The van der Waals surface area contributed by atoms with Crippen molar-refractivity contribution in [1.82, 2.24) is 0 Å². The second kappa shape index (κ2) is 14.9. The highest BCUT2D eigenvalue weighted by Crippen LogP contribution is 2.13. The molecule has 0 amide bonds. The van der Waals surface area contributed by atoms with E-state index in [2.05, 4.69) is 13.8 Å². The maximum absolute atomic E-state index is 11.4. The maximum Gasteiger partial charge on any atom is 0.308 e. The van der Waals surface area contributed by atoms with Crippen LogP contribution < -0.4 is 0 Å². The first-order valence-electron chi connectivity index (χ1n) is 9.08. The third-order valence-corrected chi connectivity index (χ3v) is 3.87. The molecule has 2 atom stereocenters. The summed E-state index contributed by atoms with van der Waals surface area (Å²) >= 11 is 0. The van der Waals surface area contributed by atoms with Crippen molar-refractivity contribution in [2.75, 3.05) is 13.2 Å². The molecule has 0 aromatic carbocycles. The second-order valence-electron chi connectivity index (χ2n) is 6.82. The van der Waals surface area contributed by atoms with E-state index >= 15 is 0 Å². The summed E-state index contributed by atoms with van der Waals surface area (Å²) in [7, 11) is 0. The fourth-order valence-electron chi connectivity index (χ4n) is 2.41. The first-order valence-corrected chi connectivity index (χ1v) is 9.08. The van der Waals surface area contributed by atoms with E-state index in [9.17, 15) is 9.90 Å². The van der Waals surface area contributed by atoms with Crippen LogP contribution in [0.1, 0.15) is 78.1 Å². The highest BCUT2D eigenvalue weighted by molar-refractivity contribution is 5.69. The minimum absolute atomic E-state index is 0.0483. The summed E-state index contributed by atoms with van der Waals surface area (Å²) in [5, 5.41) is 27.4. The third kappa shape index (κ3) is 16.0. The van der Waals surface area contributed by atoms with Gasteiger partial charge in [-0.1, -0.05) is 65.2 Å². The van der Waals surface area contributed by atoms with Crippen LogP contribution in [0.5, 0.6) is 0 Å². The Labute approximate surface area is 141 Å². The van der Waals surface area contributed by atoms with Gasteiger partial charge in [-0.3, -0.25) is 4.79 Å². The van der Waals surface area contributed by atoms with E-state index in [4.69, 9.17) is 14.9 Å². The molecule has 3 N–H and O–H groups in total. The van der Waals surface area contributed by atoms with Crippen molar-refractivity contribution in [2.24, 2.45) is 5.92 Å². The number of esters is 1. The fraction of sp³-hybridized carbons (Fsp3) is 0.944. The Hall–Kier alpha value is -0.650. The lowest BCUT2D eigenvalue weighted by Gasteiger charge is -2.12. The SMILES string of the molecule is CC(C)CCCCCCCCCC(O)CC(=O)OCC(O)CO. The van der Waals surface area contributed by atoms with Crippen molar-refractivity contribution in [2.45, 2.75) is 90.3 Å². The molecule has 0 bridgehead atoms. The molecule has 5 nitrogen and oxygen atoms in total. The molecule has 0 saturated heterocycles. The Bertz CT molecular complexity index is 281. The number of hydrogen-bond acceptors (Lipinski definition) is 5. The predicted molar refractivity (Wildman–Crippen MR) is 91.1 cm³/mol. The van der Waals surface area contributed by atoms with Crippen molar-refractivity contribution in [3.8, 4) is 0 Å². The lowest BCUT2D eigenvalue weighted by Crippen LogP contribution is -2.24. The molecule has 138 valence electrons. The van der Waals surface area contributed by atoms with Crippen molar-refractivity contribution >= 4 is 5.97 Å². The van der Waals surface area contributed by atoms with Crippen molar-refractivity contribution in [3.05, 3.63) is 0 Å². The minimum Gasteiger partial charge on any atom is -0.463 e. The zero-order valence-electron chi connectivity index (χ0n) is 14.9. The molecule has 0 fully saturated rings. The number of hydrogen-bond donors (Lipinski definition) is 3. The molecule has 0 aliphatic heterocycles. The summed E-state index contributed by atoms with van der Waals surface area (Å²) < 4.78 is 4.76. The van der Waals surface area contributed by atoms with Gasteiger partial charge in [0, 0.05) is 0 Å². The molecule has 0 saturated carbocycles. The highest BCUT2D eigenvalue weighted by atomic mass is 16.5. The van der Waals surface area contributed by atoms with Gasteiger partial charge in [-0.2, -0.15) is 0 Å². The van der Waals surface area contributed by atoms with E-state index in [0.717, 1.165) is 18.8 Å². The Morgan fingerprint density at radius 2 is 1.39 bits per heavy atom. The normalized spacial score (nSPS) is 14.0. The smallest absolute Gasteiger partial charge is 0.308 e. The van der Waals surface area contributed by atoms with Gasteiger partial charge in [0.2, 0.25) is 0 Å². The van der Waals surface area contributed by atoms with Crippen LogP contribution in [0.15, 0.2) is 0 Å². The minimum atomic E-state index is -1.04. The number of aliphatic hydroxyl groups is 3. The maximum atomic E-state index is 11.4. The number of unbranched alkanes of at least 4 members (excludes halogenated alkanes) is 6. The van der Waals surface area contributed by atoms with Crippen LogP contribution in [0.4, 0.5) is 0 Å². The molecule has 0 heterocycles. The summed E-state index contributed by atoms with van der Waals surface area (Å²) in [5.41, 5.74) is 0. The van der Waals surface area contributed by atoms with Gasteiger partial charge in [-0.15, -0.1) is 0 Å². The number of aliphatic hydroxyl groups excluding tert-OH is 3. The van der Waals surface area contributed by atoms with Gasteiger partial charge >= 0.3 is 5.97 Å². The largest absolute Gasteiger partial charge is 0.463 e. The molecule has 0 rings (SSSR count). The Morgan fingerprint density at radius 1 is 0.870 bits per heavy atom. The molecule has 23 heavy (non-hydrogen) atoms. The zero-order valence-corrected chi connectivity index (χ0v) is 14.9. The van der Waals surface area contributed by atoms with Crippen molar-refractivity contribution in [3.63, 3.8) is 0 Å². The highest BCUT2D eigenvalue weighted by Gasteiger charge is 2.13. The number of carbonyl (C=O) groups excluding carboxylic acids is 1. The quantitative estimate of drug-likeness (QED) is 0.317. The molecular weight excluding hydrogens is 296 g/mol. The number of rotatable bonds is 15. The predicted octanol–water partition coefficient (Wildman–Crippen LogP) is 2.80. The summed E-state index contributed by atoms with van der Waals surface area (Å²) in [6, 6.07) is 0. The Kier molecular flexibility index (Phi) is 14.5. The van der Waals surface area contributed by atoms with Crippen LogP contribution in [-0.2, 0) is 9.53 Å². The molecule has 0 aromatic heterocycles. The summed E-state index contributed by atoms with van der Waals surface area (Å²) in [6.07, 6.45) is 8.49. The van der Waals surface area contributed by atoms with Crippen LogP contribution in [0, 0.1) is 5.92 Å². The average molecular weight is 332 g/mol. The summed E-state index contributed by atoms with van der Waals surface area (Å²) in [4.78, 5) is 11.4. The van der Waals surface area contributed by atoms with Crippen LogP contribution in [0.3, 0.4) is 0 Å². The monoisotopic (exact) mass is 332 g/mol. The summed E-state index contributed by atoms with van der Waals surface area (Å²) in [5.74, 6) is 0.269. The van der Waals surface area contributed by atoms with Crippen LogP contribution in [0.2, 0.25) is 0 Å². The third-order valence-electron chi connectivity index (χ3n) is 3.87. The standard InChI is InChI=1S/C18H36O5/c1-15(2)10-8-6-4-3-5-7-9-11-16(20)12-18(22)23-14-17(21)13-19/h15-17,19-21H,3-14H2,1-2H3. The van der Waals surface area contributed by atoms with E-state index in [1.165, 1.54) is 38.5 Å². The lowest BCUT2D eigenvalue weighted by atomic mass is 10.0. The molecular formula is C18H36O5. The molecule has 0 aromatic rings. The van der Waals surface area contributed by atoms with Gasteiger partial charge < -0.3 is 20.1 Å². The average Bonchev–Trinajstić information content (AvgIpc) is 2.50. The van der Waals surface area contributed by atoms with Crippen LogP contribution in [0.25, 0.3) is 0 Å². The molecule has 0 aliphatic carbocycles. The van der Waals surface area contributed by atoms with Gasteiger partial charge in [0.25, 0.3) is 0 Å². The number of ether oxygens (including phenoxy) is 1. The van der Waals surface area contributed by atoms with Crippen LogP contribution in [-0.4, -0.2) is 46.7 Å². The van der Waals surface area contributed by atoms with Crippen molar-refractivity contribution in [1.29, 1.82) is 0 Å². The van der Waals surface area contributed by atoms with Gasteiger partial charge in [0.15, 0.2) is 0 Å². The topological polar surface area (TPSA) is 87.0 Å². The molecule has 0 radical (unpaired) electrons. The van der Waals surface area contributed by atoms with Gasteiger partial charge in [-0.05, 0) is 12.3 Å². The first-order chi connectivity index (χ1) is 11.0. The lowest BCUT2D eigenvalue weighted by molar-refractivity contribution is -0.149. The van der Waals surface area contributed by atoms with Gasteiger partial charge in [0.1, 0.15) is 12.7 Å². The molecule has 2 unspecified atom stereocenters. The summed E-state index contributed by atoms with van der Waals surface area (Å²) in [6.45, 7) is 3.86. The fourth-order valence-corrected chi connectivity index (χ4v) is 2.41. The van der Waals surface area contributed by atoms with Gasteiger partial charge in [-0.25, -0.2) is 0 Å². The second-order valence-corrected chi connectivity index (χ2v) is 6.82. The van der Waals surface area contributed by atoms with Crippen molar-refractivity contribution < 1.29 is 24.9 Å². The van der Waals surface area contributed by atoms with E-state index in [0.29, 0.717) is 6.42 Å². The van der Waals surface area contributed by atoms with E-state index in [1.54, 1.807) is 0 Å². The van der Waals surface area contributed by atoms with E-state index in [-0.39, 0.29) is 13.0 Å². The van der Waals surface area contributed by atoms with Crippen LogP contribution >= 0.6 is 0 Å². The molecule has 0 spiro atoms. The number of carbonyl (C=O) groups is 1. The van der Waals surface area contributed by atoms with Gasteiger partial charge in [0.05, 0.1) is 19.1 Å².